The molecule has 0 bridgehead atoms. The molecule has 0 radical (unpaired) electrons. The average molecular weight is 419 g/mol. The van der Waals surface area contributed by atoms with Crippen LogP contribution in [-0.2, 0) is 11.2 Å². The van der Waals surface area contributed by atoms with E-state index in [0.717, 1.165) is 31.2 Å². The molecular weight excluding hydrogens is 392 g/mol. The van der Waals surface area contributed by atoms with Gasteiger partial charge in [0, 0.05) is 37.8 Å². The number of fused-ring (bicyclic) bond motifs is 1. The molecule has 1 aliphatic heterocycles. The highest BCUT2D eigenvalue weighted by molar-refractivity contribution is 6.31. The predicted octanol–water partition coefficient (Wildman–Crippen LogP) is 3.16. The van der Waals surface area contributed by atoms with E-state index in [9.17, 15) is 9.59 Å². The number of benzene rings is 1. The molecule has 1 aliphatic rings. The standard InChI is InChI=1S/C21H27ClN4O3/c1-25-9-2-3-10-26(20(27)6-4-5-16-14-23-24-15-16)11-12-29-19-8-7-17(22)13-18(19)21(25)28/h7-8,13-15H,2-6,9-12H2,1H3,(H,23,24). The summed E-state index contributed by atoms with van der Waals surface area (Å²) in [4.78, 5) is 29.0. The largest absolute Gasteiger partial charge is 0.491 e. The maximum absolute atomic E-state index is 12.7. The first kappa shape index (κ1) is 21.2. The van der Waals surface area contributed by atoms with Gasteiger partial charge in [0.1, 0.15) is 12.4 Å². The van der Waals surface area contributed by atoms with Gasteiger partial charge in [0.2, 0.25) is 5.91 Å². The first-order valence-electron chi connectivity index (χ1n) is 9.98. The zero-order chi connectivity index (χ0) is 20.6. The number of hydrogen-bond donors (Lipinski definition) is 1. The average Bonchev–Trinajstić information content (AvgIpc) is 3.22. The van der Waals surface area contributed by atoms with Crippen LogP contribution in [0.4, 0.5) is 0 Å². The van der Waals surface area contributed by atoms with Gasteiger partial charge in [-0.25, -0.2) is 0 Å². The molecule has 7 nitrogen and oxygen atoms in total. The van der Waals surface area contributed by atoms with E-state index in [2.05, 4.69) is 10.2 Å². The molecular formula is C21H27ClN4O3. The number of rotatable bonds is 4. The molecule has 0 spiro atoms. The molecule has 0 unspecified atom stereocenters. The Labute approximate surface area is 176 Å². The van der Waals surface area contributed by atoms with Crippen LogP contribution >= 0.6 is 11.6 Å². The third-order valence-electron chi connectivity index (χ3n) is 5.07. The monoisotopic (exact) mass is 418 g/mol. The van der Waals surface area contributed by atoms with Crippen molar-refractivity contribution in [3.05, 3.63) is 46.7 Å². The minimum atomic E-state index is -0.102. The molecule has 0 saturated carbocycles. The Morgan fingerprint density at radius 2 is 2.10 bits per heavy atom. The minimum Gasteiger partial charge on any atom is -0.491 e. The Kier molecular flexibility index (Phi) is 7.52. The van der Waals surface area contributed by atoms with Gasteiger partial charge < -0.3 is 14.5 Å². The second-order valence-electron chi connectivity index (χ2n) is 7.26. The zero-order valence-corrected chi connectivity index (χ0v) is 17.5. The van der Waals surface area contributed by atoms with Crippen LogP contribution in [0, 0.1) is 0 Å². The van der Waals surface area contributed by atoms with Crippen LogP contribution in [0.15, 0.2) is 30.6 Å². The van der Waals surface area contributed by atoms with Gasteiger partial charge in [-0.15, -0.1) is 0 Å². The summed E-state index contributed by atoms with van der Waals surface area (Å²) in [5, 5.41) is 7.22. The molecule has 29 heavy (non-hydrogen) atoms. The Bertz CT molecular complexity index is 825. The van der Waals surface area contributed by atoms with E-state index in [-0.39, 0.29) is 11.8 Å². The topological polar surface area (TPSA) is 78.5 Å². The number of hydrogen-bond acceptors (Lipinski definition) is 4. The van der Waals surface area contributed by atoms with Crippen molar-refractivity contribution in [1.29, 1.82) is 0 Å². The van der Waals surface area contributed by atoms with Crippen LogP contribution < -0.4 is 4.74 Å². The quantitative estimate of drug-likeness (QED) is 0.827. The first-order valence-corrected chi connectivity index (χ1v) is 10.4. The first-order chi connectivity index (χ1) is 14.0. The van der Waals surface area contributed by atoms with Crippen LogP contribution in [0.3, 0.4) is 0 Å². The van der Waals surface area contributed by atoms with Crippen LogP contribution in [0.2, 0.25) is 5.02 Å². The molecule has 1 aromatic heterocycles. The Morgan fingerprint density at radius 3 is 2.90 bits per heavy atom. The fourth-order valence-corrected chi connectivity index (χ4v) is 3.57. The number of carbonyl (C=O) groups is 2. The minimum absolute atomic E-state index is 0.102. The van der Waals surface area contributed by atoms with Gasteiger partial charge in [0.05, 0.1) is 18.3 Å². The Morgan fingerprint density at radius 1 is 1.28 bits per heavy atom. The predicted molar refractivity (Wildman–Crippen MR) is 111 cm³/mol. The van der Waals surface area contributed by atoms with Crippen molar-refractivity contribution in [3.8, 4) is 5.75 Å². The number of carbonyl (C=O) groups excluding carboxylic acids is 2. The molecule has 156 valence electrons. The van der Waals surface area contributed by atoms with E-state index >= 15 is 0 Å². The molecule has 0 saturated heterocycles. The smallest absolute Gasteiger partial charge is 0.257 e. The van der Waals surface area contributed by atoms with Crippen molar-refractivity contribution in [2.45, 2.75) is 32.1 Å². The van der Waals surface area contributed by atoms with Crippen molar-refractivity contribution < 1.29 is 14.3 Å². The van der Waals surface area contributed by atoms with E-state index in [1.807, 2.05) is 11.1 Å². The molecule has 1 N–H and O–H groups in total. The lowest BCUT2D eigenvalue weighted by Crippen LogP contribution is -2.37. The van der Waals surface area contributed by atoms with E-state index in [4.69, 9.17) is 16.3 Å². The summed E-state index contributed by atoms with van der Waals surface area (Å²) >= 11 is 6.08. The van der Waals surface area contributed by atoms with Gasteiger partial charge >= 0.3 is 0 Å². The van der Waals surface area contributed by atoms with E-state index in [1.165, 1.54) is 0 Å². The summed E-state index contributed by atoms with van der Waals surface area (Å²) in [6, 6.07) is 5.06. The summed E-state index contributed by atoms with van der Waals surface area (Å²) in [5.41, 5.74) is 1.57. The lowest BCUT2D eigenvalue weighted by atomic mass is 10.1. The van der Waals surface area contributed by atoms with Crippen molar-refractivity contribution in [2.75, 3.05) is 33.3 Å². The fourth-order valence-electron chi connectivity index (χ4n) is 3.40. The number of aryl methyl sites for hydroxylation is 1. The molecule has 3 rings (SSSR count). The van der Waals surface area contributed by atoms with Crippen molar-refractivity contribution in [1.82, 2.24) is 20.0 Å². The third-order valence-corrected chi connectivity index (χ3v) is 5.31. The number of aromatic amines is 1. The molecule has 2 aromatic rings. The number of amides is 2. The zero-order valence-electron chi connectivity index (χ0n) is 16.7. The van der Waals surface area contributed by atoms with Crippen LogP contribution in [0.1, 0.15) is 41.6 Å². The molecule has 2 heterocycles. The Hall–Kier alpha value is -2.54. The summed E-state index contributed by atoms with van der Waals surface area (Å²) in [6.07, 6.45) is 7.43. The Balaban J connectivity index is 1.63. The number of H-pyrrole nitrogens is 1. The highest BCUT2D eigenvalue weighted by Gasteiger charge is 2.20. The number of aromatic nitrogens is 2. The maximum Gasteiger partial charge on any atom is 0.257 e. The van der Waals surface area contributed by atoms with E-state index in [1.54, 1.807) is 36.3 Å². The second kappa shape index (κ2) is 10.3. The number of nitrogens with zero attached hydrogens (tertiary/aromatic N) is 3. The summed E-state index contributed by atoms with van der Waals surface area (Å²) < 4.78 is 5.87. The van der Waals surface area contributed by atoms with Gasteiger partial charge in [-0.2, -0.15) is 5.10 Å². The SMILES string of the molecule is CN1CCCCN(C(=O)CCCc2cn[nH]c2)CCOc2ccc(Cl)cc2C1=O. The van der Waals surface area contributed by atoms with Gasteiger partial charge in [-0.05, 0) is 49.4 Å². The molecule has 0 aliphatic carbocycles. The number of nitrogens with one attached hydrogen (secondary N) is 1. The molecule has 8 heteroatoms. The van der Waals surface area contributed by atoms with Crippen LogP contribution in [0.5, 0.6) is 5.75 Å². The van der Waals surface area contributed by atoms with E-state index in [0.29, 0.717) is 49.0 Å². The van der Waals surface area contributed by atoms with Gasteiger partial charge in [-0.1, -0.05) is 11.6 Å². The summed E-state index contributed by atoms with van der Waals surface area (Å²) in [7, 11) is 1.78. The van der Waals surface area contributed by atoms with Crippen LogP contribution in [0.25, 0.3) is 0 Å². The highest BCUT2D eigenvalue weighted by Crippen LogP contribution is 2.24. The van der Waals surface area contributed by atoms with Gasteiger partial charge in [0.15, 0.2) is 0 Å². The molecule has 0 atom stereocenters. The fraction of sp³-hybridized carbons (Fsp3) is 0.476. The summed E-state index contributed by atoms with van der Waals surface area (Å²) in [6.45, 7) is 2.12. The normalized spacial score (nSPS) is 15.9. The molecule has 2 amide bonds. The lowest BCUT2D eigenvalue weighted by Gasteiger charge is -2.26. The lowest BCUT2D eigenvalue weighted by molar-refractivity contribution is -0.131. The highest BCUT2D eigenvalue weighted by atomic mass is 35.5. The number of ether oxygens (including phenoxy) is 1. The van der Waals surface area contributed by atoms with Crippen molar-refractivity contribution in [3.63, 3.8) is 0 Å². The van der Waals surface area contributed by atoms with Gasteiger partial charge in [0.25, 0.3) is 5.91 Å². The second-order valence-corrected chi connectivity index (χ2v) is 7.70. The summed E-state index contributed by atoms with van der Waals surface area (Å²) in [5.74, 6) is 0.532. The van der Waals surface area contributed by atoms with Crippen molar-refractivity contribution >= 4 is 23.4 Å². The van der Waals surface area contributed by atoms with E-state index < -0.39 is 0 Å². The molecule has 0 fully saturated rings. The molecule has 1 aromatic carbocycles. The maximum atomic E-state index is 12.7. The van der Waals surface area contributed by atoms with Crippen LogP contribution in [-0.4, -0.2) is 65.1 Å². The number of halogens is 1. The van der Waals surface area contributed by atoms with Crippen molar-refractivity contribution in [2.24, 2.45) is 0 Å². The third kappa shape index (κ3) is 5.97. The van der Waals surface area contributed by atoms with Gasteiger partial charge in [-0.3, -0.25) is 14.7 Å².